The Kier molecular flexibility index (Phi) is 5.76. The van der Waals surface area contributed by atoms with E-state index < -0.39 is 21.4 Å². The number of hydrogen-bond donors (Lipinski definition) is 1. The van der Waals surface area contributed by atoms with Crippen molar-refractivity contribution < 1.29 is 21.6 Å². The first-order valence-corrected chi connectivity index (χ1v) is 8.58. The monoisotopic (exact) mass is 327 g/mol. The van der Waals surface area contributed by atoms with Crippen molar-refractivity contribution in [2.45, 2.75) is 30.3 Å². The molecule has 1 atom stereocenters. The van der Waals surface area contributed by atoms with Gasteiger partial charge in [0.15, 0.2) is 9.84 Å². The van der Waals surface area contributed by atoms with Gasteiger partial charge in [0.2, 0.25) is 0 Å². The van der Waals surface area contributed by atoms with Crippen LogP contribution in [0.25, 0.3) is 0 Å². The van der Waals surface area contributed by atoms with E-state index in [1.54, 1.807) is 13.0 Å². The molecule has 0 saturated heterocycles. The molecule has 0 aromatic heterocycles. The van der Waals surface area contributed by atoms with Gasteiger partial charge in [-0.3, -0.25) is 0 Å². The van der Waals surface area contributed by atoms with Crippen LogP contribution >= 0.6 is 11.8 Å². The summed E-state index contributed by atoms with van der Waals surface area (Å²) in [5.74, 6) is -0.105. The quantitative estimate of drug-likeness (QED) is 0.812. The molecule has 114 valence electrons. The predicted octanol–water partition coefficient (Wildman–Crippen LogP) is 3.53. The normalized spacial score (nSPS) is 14.1. The van der Waals surface area contributed by atoms with Crippen molar-refractivity contribution in [3.05, 3.63) is 24.3 Å². The minimum absolute atomic E-state index is 0.0119. The highest BCUT2D eigenvalue weighted by Crippen LogP contribution is 2.40. The number of benzene rings is 1. The molecule has 1 aromatic carbocycles. The summed E-state index contributed by atoms with van der Waals surface area (Å²) >= 11 is -0.219. The molecule has 0 spiro atoms. The predicted molar refractivity (Wildman–Crippen MR) is 75.8 cm³/mol. The Bertz CT molecular complexity index is 544. The van der Waals surface area contributed by atoms with E-state index in [0.717, 1.165) is 0 Å². The fraction of sp³-hybridized carbons (Fsp3) is 0.500. The molecule has 0 radical (unpaired) electrons. The van der Waals surface area contributed by atoms with Crippen LogP contribution in [0.15, 0.2) is 29.2 Å². The van der Waals surface area contributed by atoms with Crippen LogP contribution in [-0.2, 0) is 9.84 Å². The Balaban J connectivity index is 2.82. The minimum Gasteiger partial charge on any atom is -0.381 e. The Morgan fingerprint density at radius 3 is 2.45 bits per heavy atom. The Hall–Kier alpha value is -0.890. The molecular weight excluding hydrogens is 311 g/mol. The molecule has 0 saturated carbocycles. The highest BCUT2D eigenvalue weighted by Gasteiger charge is 2.30. The topological polar surface area (TPSA) is 46.2 Å². The lowest BCUT2D eigenvalue weighted by molar-refractivity contribution is -0.0328. The standard InChI is InChI=1S/C12H16F3NO2S2/c1-3-20(17,18)8-9(2)16-10-6-4-5-7-11(10)19-12(13,14)15/h4-7,9,16H,3,8H2,1-2H3. The molecule has 0 heterocycles. The second kappa shape index (κ2) is 6.71. The first-order valence-electron chi connectivity index (χ1n) is 5.94. The molecule has 1 aromatic rings. The number of rotatable bonds is 6. The third-order valence-corrected chi connectivity index (χ3v) is 5.15. The number of halogens is 3. The summed E-state index contributed by atoms with van der Waals surface area (Å²) in [5.41, 5.74) is -4.09. The lowest BCUT2D eigenvalue weighted by Crippen LogP contribution is -2.27. The number of para-hydroxylation sites is 1. The van der Waals surface area contributed by atoms with Gasteiger partial charge in [-0.1, -0.05) is 19.1 Å². The van der Waals surface area contributed by atoms with Crippen molar-refractivity contribution in [1.29, 1.82) is 0 Å². The third-order valence-electron chi connectivity index (χ3n) is 2.46. The van der Waals surface area contributed by atoms with Crippen LogP contribution in [0.3, 0.4) is 0 Å². The van der Waals surface area contributed by atoms with E-state index in [1.165, 1.54) is 25.1 Å². The average Bonchev–Trinajstić information content (AvgIpc) is 2.29. The Morgan fingerprint density at radius 2 is 1.90 bits per heavy atom. The van der Waals surface area contributed by atoms with Gasteiger partial charge >= 0.3 is 5.51 Å². The second-order valence-corrected chi connectivity index (χ2v) is 7.79. The van der Waals surface area contributed by atoms with Crippen molar-refractivity contribution >= 4 is 27.3 Å². The van der Waals surface area contributed by atoms with Crippen LogP contribution < -0.4 is 5.32 Å². The SMILES string of the molecule is CCS(=O)(=O)CC(C)Nc1ccccc1SC(F)(F)F. The zero-order chi connectivity index (χ0) is 15.4. The molecule has 0 aliphatic heterocycles. The summed E-state index contributed by atoms with van der Waals surface area (Å²) in [6.07, 6.45) is 0. The number of sulfone groups is 1. The second-order valence-electron chi connectivity index (χ2n) is 4.29. The van der Waals surface area contributed by atoms with Gasteiger partial charge in [-0.25, -0.2) is 8.42 Å². The van der Waals surface area contributed by atoms with Gasteiger partial charge in [-0.2, -0.15) is 13.2 Å². The molecule has 0 aliphatic carbocycles. The first-order chi connectivity index (χ1) is 9.13. The lowest BCUT2D eigenvalue weighted by atomic mass is 10.3. The van der Waals surface area contributed by atoms with E-state index in [4.69, 9.17) is 0 Å². The van der Waals surface area contributed by atoms with Gasteiger partial charge in [-0.05, 0) is 30.8 Å². The van der Waals surface area contributed by atoms with Crippen LogP contribution in [0, 0.1) is 0 Å². The number of thioether (sulfide) groups is 1. The summed E-state index contributed by atoms with van der Waals surface area (Å²) in [7, 11) is -3.18. The summed E-state index contributed by atoms with van der Waals surface area (Å²) in [4.78, 5) is 0.0285. The van der Waals surface area contributed by atoms with Gasteiger partial charge < -0.3 is 5.32 Å². The van der Waals surface area contributed by atoms with Crippen molar-refractivity contribution in [2.75, 3.05) is 16.8 Å². The number of alkyl halides is 3. The van der Waals surface area contributed by atoms with E-state index in [0.29, 0.717) is 0 Å². The van der Waals surface area contributed by atoms with E-state index in [2.05, 4.69) is 5.32 Å². The van der Waals surface area contributed by atoms with Crippen molar-refractivity contribution in [2.24, 2.45) is 0 Å². The maximum atomic E-state index is 12.4. The lowest BCUT2D eigenvalue weighted by Gasteiger charge is -2.18. The Labute approximate surface area is 120 Å². The van der Waals surface area contributed by atoms with Gasteiger partial charge in [0.05, 0.1) is 5.75 Å². The van der Waals surface area contributed by atoms with E-state index >= 15 is 0 Å². The minimum atomic E-state index is -4.38. The van der Waals surface area contributed by atoms with Crippen LogP contribution in [-0.4, -0.2) is 31.5 Å². The largest absolute Gasteiger partial charge is 0.446 e. The molecule has 8 heteroatoms. The smallest absolute Gasteiger partial charge is 0.381 e. The molecule has 1 rings (SSSR count). The van der Waals surface area contributed by atoms with Crippen molar-refractivity contribution in [1.82, 2.24) is 0 Å². The molecule has 1 N–H and O–H groups in total. The maximum absolute atomic E-state index is 12.4. The highest BCUT2D eigenvalue weighted by molar-refractivity contribution is 8.00. The Morgan fingerprint density at radius 1 is 1.30 bits per heavy atom. The zero-order valence-corrected chi connectivity index (χ0v) is 12.7. The van der Waals surface area contributed by atoms with Crippen LogP contribution in [0.5, 0.6) is 0 Å². The fourth-order valence-corrected chi connectivity index (χ4v) is 3.32. The van der Waals surface area contributed by atoms with Gasteiger partial charge in [0.1, 0.15) is 0 Å². The first kappa shape index (κ1) is 17.2. The number of nitrogens with one attached hydrogen (secondary N) is 1. The highest BCUT2D eigenvalue weighted by atomic mass is 32.2. The van der Waals surface area contributed by atoms with Crippen molar-refractivity contribution in [3.63, 3.8) is 0 Å². The molecule has 1 unspecified atom stereocenters. The summed E-state index contributed by atoms with van der Waals surface area (Å²) in [6, 6.07) is 5.50. The van der Waals surface area contributed by atoms with Crippen LogP contribution in [0.4, 0.5) is 18.9 Å². The average molecular weight is 327 g/mol. The van der Waals surface area contributed by atoms with Gasteiger partial charge in [0.25, 0.3) is 0 Å². The molecule has 0 bridgehead atoms. The summed E-state index contributed by atoms with van der Waals surface area (Å²) < 4.78 is 60.2. The van der Waals surface area contributed by atoms with Crippen LogP contribution in [0.1, 0.15) is 13.8 Å². The summed E-state index contributed by atoms with van der Waals surface area (Å²) in [5, 5.41) is 2.82. The molecule has 0 aliphatic rings. The molecule has 0 amide bonds. The number of hydrogen-bond acceptors (Lipinski definition) is 4. The van der Waals surface area contributed by atoms with Gasteiger partial charge in [0, 0.05) is 22.4 Å². The fourth-order valence-electron chi connectivity index (χ4n) is 1.61. The zero-order valence-electron chi connectivity index (χ0n) is 11.1. The summed E-state index contributed by atoms with van der Waals surface area (Å²) in [6.45, 7) is 3.16. The molecule has 3 nitrogen and oxygen atoms in total. The number of anilines is 1. The van der Waals surface area contributed by atoms with Crippen LogP contribution in [0.2, 0.25) is 0 Å². The van der Waals surface area contributed by atoms with Gasteiger partial charge in [-0.15, -0.1) is 0 Å². The van der Waals surface area contributed by atoms with E-state index in [1.807, 2.05) is 0 Å². The molecular formula is C12H16F3NO2S2. The maximum Gasteiger partial charge on any atom is 0.446 e. The molecule has 20 heavy (non-hydrogen) atoms. The van der Waals surface area contributed by atoms with E-state index in [-0.39, 0.29) is 33.9 Å². The third kappa shape index (κ3) is 6.04. The van der Waals surface area contributed by atoms with Crippen molar-refractivity contribution in [3.8, 4) is 0 Å². The van der Waals surface area contributed by atoms with E-state index in [9.17, 15) is 21.6 Å². The molecule has 0 fully saturated rings.